The molecule has 3 rings (SSSR count). The summed E-state index contributed by atoms with van der Waals surface area (Å²) in [6.45, 7) is 7.94. The summed E-state index contributed by atoms with van der Waals surface area (Å²) in [6, 6.07) is 4.09. The summed E-state index contributed by atoms with van der Waals surface area (Å²) < 4.78 is 29.1. The fraction of sp³-hybridized carbons (Fsp3) is 0.364. The van der Waals surface area contributed by atoms with E-state index in [4.69, 9.17) is 4.74 Å². The van der Waals surface area contributed by atoms with Gasteiger partial charge in [-0.05, 0) is 68.0 Å². The van der Waals surface area contributed by atoms with E-state index in [0.29, 0.717) is 15.4 Å². The minimum absolute atomic E-state index is 0.0114. The zero-order chi connectivity index (χ0) is 22.1. The molecular weight excluding hydrogens is 422 g/mol. The first-order valence-electron chi connectivity index (χ1n) is 9.70. The number of carbonyl (C=O) groups excluding carboxylic acids is 2. The van der Waals surface area contributed by atoms with Gasteiger partial charge >= 0.3 is 5.97 Å². The predicted octanol–water partition coefficient (Wildman–Crippen LogP) is 3.97. The van der Waals surface area contributed by atoms with Gasteiger partial charge in [0.15, 0.2) is 9.84 Å². The monoisotopic (exact) mass is 447 g/mol. The Balaban J connectivity index is 1.88. The average Bonchev–Trinajstić information content (AvgIpc) is 2.99. The molecule has 1 aromatic carbocycles. The summed E-state index contributed by atoms with van der Waals surface area (Å²) >= 11 is 1.13. The minimum Gasteiger partial charge on any atom is -0.462 e. The summed E-state index contributed by atoms with van der Waals surface area (Å²) in [5, 5.41) is 3.08. The first-order valence-corrected chi connectivity index (χ1v) is 12.3. The average molecular weight is 448 g/mol. The topological polar surface area (TPSA) is 89.5 Å². The molecule has 160 valence electrons. The summed E-state index contributed by atoms with van der Waals surface area (Å²) in [5.74, 6) is -1.06. The maximum absolute atomic E-state index is 12.6. The van der Waals surface area contributed by atoms with Crippen LogP contribution in [0.5, 0.6) is 0 Å². The van der Waals surface area contributed by atoms with E-state index in [-0.39, 0.29) is 36.0 Å². The van der Waals surface area contributed by atoms with Gasteiger partial charge in [-0.2, -0.15) is 0 Å². The van der Waals surface area contributed by atoms with Gasteiger partial charge in [0.05, 0.1) is 23.7 Å². The van der Waals surface area contributed by atoms with Gasteiger partial charge in [-0.15, -0.1) is 11.3 Å². The number of rotatable bonds is 5. The van der Waals surface area contributed by atoms with Crippen molar-refractivity contribution in [3.63, 3.8) is 0 Å². The number of sulfone groups is 1. The molecule has 2 heterocycles. The van der Waals surface area contributed by atoms with E-state index in [1.165, 1.54) is 11.6 Å². The van der Waals surface area contributed by atoms with E-state index < -0.39 is 15.8 Å². The molecule has 0 unspecified atom stereocenters. The quantitative estimate of drug-likeness (QED) is 0.553. The molecule has 0 spiro atoms. The van der Waals surface area contributed by atoms with Gasteiger partial charge in [0, 0.05) is 11.0 Å². The van der Waals surface area contributed by atoms with E-state index in [2.05, 4.69) is 11.4 Å². The van der Waals surface area contributed by atoms with Crippen LogP contribution >= 0.6 is 11.3 Å². The van der Waals surface area contributed by atoms with Crippen molar-refractivity contribution in [1.29, 1.82) is 0 Å². The Hall–Kier alpha value is -2.45. The second-order valence-electron chi connectivity index (χ2n) is 7.39. The number of benzene rings is 1. The van der Waals surface area contributed by atoms with Crippen molar-refractivity contribution >= 4 is 44.1 Å². The number of carbonyl (C=O) groups is 2. The summed E-state index contributed by atoms with van der Waals surface area (Å²) in [6.07, 6.45) is 3.40. The molecule has 0 bridgehead atoms. The number of hydrogen-bond donors (Lipinski definition) is 1. The maximum atomic E-state index is 12.6. The minimum atomic E-state index is -3.19. The highest BCUT2D eigenvalue weighted by Crippen LogP contribution is 2.38. The first kappa shape index (κ1) is 22.2. The molecule has 1 aliphatic heterocycles. The molecule has 30 heavy (non-hydrogen) atoms. The number of hydrogen-bond acceptors (Lipinski definition) is 6. The summed E-state index contributed by atoms with van der Waals surface area (Å²) in [5.41, 5.74) is 5.26. The summed E-state index contributed by atoms with van der Waals surface area (Å²) in [4.78, 5) is 25.7. The van der Waals surface area contributed by atoms with Crippen molar-refractivity contribution in [2.24, 2.45) is 0 Å². The highest BCUT2D eigenvalue weighted by Gasteiger charge is 2.31. The lowest BCUT2D eigenvalue weighted by atomic mass is 10.0. The van der Waals surface area contributed by atoms with E-state index >= 15 is 0 Å². The summed E-state index contributed by atoms with van der Waals surface area (Å²) in [7, 11) is -3.19. The van der Waals surface area contributed by atoms with Gasteiger partial charge < -0.3 is 10.1 Å². The van der Waals surface area contributed by atoms with Crippen molar-refractivity contribution < 1.29 is 22.7 Å². The number of nitrogens with one attached hydrogen (secondary N) is 1. The van der Waals surface area contributed by atoms with Crippen molar-refractivity contribution in [3.05, 3.63) is 56.5 Å². The van der Waals surface area contributed by atoms with Crippen LogP contribution in [0, 0.1) is 20.8 Å². The normalized spacial score (nSPS) is 15.1. The Morgan fingerprint density at radius 3 is 2.57 bits per heavy atom. The molecule has 0 fully saturated rings. The number of esters is 1. The zero-order valence-electron chi connectivity index (χ0n) is 17.5. The van der Waals surface area contributed by atoms with Crippen LogP contribution in [0.25, 0.3) is 6.08 Å². The van der Waals surface area contributed by atoms with Crippen molar-refractivity contribution in [1.82, 2.24) is 0 Å². The van der Waals surface area contributed by atoms with Gasteiger partial charge in [0.2, 0.25) is 5.91 Å². The number of anilines is 1. The number of thiophene rings is 1. The van der Waals surface area contributed by atoms with Gasteiger partial charge in [-0.1, -0.05) is 12.1 Å². The number of ether oxygens (including phenoxy) is 1. The highest BCUT2D eigenvalue weighted by atomic mass is 32.2. The van der Waals surface area contributed by atoms with Crippen LogP contribution < -0.4 is 5.32 Å². The van der Waals surface area contributed by atoms with E-state index in [1.807, 2.05) is 26.8 Å². The Labute approximate surface area is 180 Å². The maximum Gasteiger partial charge on any atom is 0.341 e. The SMILES string of the molecule is CCOC(=O)c1c(NC(=O)/C=C/c2cc(C)c(C)cc2C)sc2c1CCS(=O)(=O)C2. The molecule has 1 aromatic heterocycles. The van der Waals surface area contributed by atoms with Crippen LogP contribution in [0.4, 0.5) is 5.00 Å². The lowest BCUT2D eigenvalue weighted by Crippen LogP contribution is -2.20. The third-order valence-corrected chi connectivity index (χ3v) is 8.00. The van der Waals surface area contributed by atoms with Crippen molar-refractivity contribution in [2.45, 2.75) is 39.9 Å². The van der Waals surface area contributed by atoms with Gasteiger partial charge in [-0.3, -0.25) is 4.79 Å². The molecule has 0 atom stereocenters. The number of fused-ring (bicyclic) bond motifs is 1. The molecule has 2 aromatic rings. The standard InChI is InChI=1S/C22H25NO5S2/c1-5-28-22(25)20-17-8-9-30(26,27)12-18(17)29-21(20)23-19(24)7-6-16-11-14(3)13(2)10-15(16)4/h6-7,10-11H,5,8-9,12H2,1-4H3,(H,23,24)/b7-6+. The third kappa shape index (κ3) is 4.82. The predicted molar refractivity (Wildman–Crippen MR) is 120 cm³/mol. The molecule has 1 N–H and O–H groups in total. The van der Waals surface area contributed by atoms with Crippen LogP contribution in [0.2, 0.25) is 0 Å². The Bertz CT molecular complexity index is 1140. The fourth-order valence-corrected chi connectivity index (χ4v) is 6.45. The van der Waals surface area contributed by atoms with E-state index in [0.717, 1.165) is 28.0 Å². The van der Waals surface area contributed by atoms with E-state index in [9.17, 15) is 18.0 Å². The second-order valence-corrected chi connectivity index (χ2v) is 10.7. The molecule has 0 saturated carbocycles. The van der Waals surface area contributed by atoms with Crippen LogP contribution in [0.15, 0.2) is 18.2 Å². The lowest BCUT2D eigenvalue weighted by molar-refractivity contribution is -0.111. The third-order valence-electron chi connectivity index (χ3n) is 5.12. The molecule has 0 radical (unpaired) electrons. The van der Waals surface area contributed by atoms with E-state index in [1.54, 1.807) is 13.0 Å². The van der Waals surface area contributed by atoms with Crippen LogP contribution in [-0.2, 0) is 31.5 Å². The van der Waals surface area contributed by atoms with Crippen LogP contribution in [0.1, 0.15) is 50.0 Å². The molecule has 8 heteroatoms. The first-order chi connectivity index (χ1) is 14.1. The number of amides is 1. The zero-order valence-corrected chi connectivity index (χ0v) is 19.1. The molecule has 1 aliphatic rings. The molecule has 1 amide bonds. The van der Waals surface area contributed by atoms with Crippen molar-refractivity contribution in [3.8, 4) is 0 Å². The largest absolute Gasteiger partial charge is 0.462 e. The van der Waals surface area contributed by atoms with Gasteiger partial charge in [0.1, 0.15) is 5.00 Å². The van der Waals surface area contributed by atoms with Crippen LogP contribution in [0.3, 0.4) is 0 Å². The van der Waals surface area contributed by atoms with Gasteiger partial charge in [-0.25, -0.2) is 13.2 Å². The Morgan fingerprint density at radius 2 is 1.87 bits per heavy atom. The van der Waals surface area contributed by atoms with Gasteiger partial charge in [0.25, 0.3) is 0 Å². The smallest absolute Gasteiger partial charge is 0.341 e. The molecular formula is C22H25NO5S2. The second kappa shape index (κ2) is 8.73. The number of aryl methyl sites for hydroxylation is 3. The molecule has 0 saturated heterocycles. The lowest BCUT2D eigenvalue weighted by Gasteiger charge is -2.13. The fourth-order valence-electron chi connectivity index (χ4n) is 3.41. The highest BCUT2D eigenvalue weighted by molar-refractivity contribution is 7.90. The molecule has 6 nitrogen and oxygen atoms in total. The Morgan fingerprint density at radius 1 is 1.17 bits per heavy atom. The van der Waals surface area contributed by atoms with Crippen LogP contribution in [-0.4, -0.2) is 32.7 Å². The molecule has 0 aliphatic carbocycles. The Kier molecular flexibility index (Phi) is 6.47. The van der Waals surface area contributed by atoms with Crippen molar-refractivity contribution in [2.75, 3.05) is 17.7 Å².